The number of hydrogen-bond donors (Lipinski definition) is 1. The second-order valence-corrected chi connectivity index (χ2v) is 5.61. The van der Waals surface area contributed by atoms with Crippen LogP contribution in [0, 0.1) is 24.0 Å². The molecular formula is C14H21ClF2N2O. The topological polar surface area (TPSA) is 46.3 Å². The highest BCUT2D eigenvalue weighted by Gasteiger charge is 2.24. The Morgan fingerprint density at radius 1 is 1.30 bits per heavy atom. The van der Waals surface area contributed by atoms with Crippen LogP contribution >= 0.6 is 12.4 Å². The Bertz CT molecular complexity index is 492. The fraction of sp³-hybridized carbons (Fsp3) is 0.500. The maximum Gasteiger partial charge on any atom is 0.256 e. The summed E-state index contributed by atoms with van der Waals surface area (Å²) in [5, 5.41) is 0. The van der Waals surface area contributed by atoms with Crippen molar-refractivity contribution >= 4 is 18.3 Å². The molecule has 0 saturated heterocycles. The van der Waals surface area contributed by atoms with Crippen LogP contribution in [0.5, 0.6) is 0 Å². The van der Waals surface area contributed by atoms with E-state index in [-0.39, 0.29) is 28.9 Å². The van der Waals surface area contributed by atoms with Gasteiger partial charge in [0.05, 0.1) is 5.56 Å². The molecule has 0 atom stereocenters. The summed E-state index contributed by atoms with van der Waals surface area (Å²) < 4.78 is 26.8. The SMILES string of the molecule is Cc1cc(C(=O)N(C)CC(C)(C)CN)c(F)cc1F.Cl. The van der Waals surface area contributed by atoms with E-state index in [2.05, 4.69) is 0 Å². The first kappa shape index (κ1) is 18.8. The van der Waals surface area contributed by atoms with E-state index < -0.39 is 17.5 Å². The predicted octanol–water partition coefficient (Wildman–Crippen LogP) is 2.75. The third kappa shape index (κ3) is 4.42. The van der Waals surface area contributed by atoms with Crippen LogP contribution in [0.2, 0.25) is 0 Å². The average Bonchev–Trinajstić information content (AvgIpc) is 2.32. The van der Waals surface area contributed by atoms with Crippen molar-refractivity contribution < 1.29 is 13.6 Å². The Labute approximate surface area is 124 Å². The van der Waals surface area contributed by atoms with Crippen molar-refractivity contribution in [3.63, 3.8) is 0 Å². The molecule has 0 radical (unpaired) electrons. The number of hydrogen-bond acceptors (Lipinski definition) is 2. The van der Waals surface area contributed by atoms with Gasteiger partial charge in [0.1, 0.15) is 11.6 Å². The molecule has 0 spiro atoms. The van der Waals surface area contributed by atoms with Crippen LogP contribution in [0.1, 0.15) is 29.8 Å². The number of rotatable bonds is 4. The molecule has 0 aliphatic carbocycles. The largest absolute Gasteiger partial charge is 0.341 e. The van der Waals surface area contributed by atoms with Gasteiger partial charge in [-0.05, 0) is 30.5 Å². The van der Waals surface area contributed by atoms with E-state index in [1.165, 1.54) is 17.9 Å². The lowest BCUT2D eigenvalue weighted by atomic mass is 9.93. The molecule has 1 amide bonds. The van der Waals surface area contributed by atoms with Gasteiger partial charge in [-0.3, -0.25) is 4.79 Å². The number of carbonyl (C=O) groups is 1. The summed E-state index contributed by atoms with van der Waals surface area (Å²) in [6, 6.07) is 1.98. The molecule has 1 rings (SSSR count). The van der Waals surface area contributed by atoms with Gasteiger partial charge in [-0.25, -0.2) is 8.78 Å². The van der Waals surface area contributed by atoms with Crippen LogP contribution in [0.3, 0.4) is 0 Å². The summed E-state index contributed by atoms with van der Waals surface area (Å²) in [4.78, 5) is 13.6. The first-order valence-electron chi connectivity index (χ1n) is 6.09. The number of benzene rings is 1. The quantitative estimate of drug-likeness (QED) is 0.930. The molecule has 114 valence electrons. The van der Waals surface area contributed by atoms with Gasteiger partial charge in [0.2, 0.25) is 0 Å². The molecule has 0 aliphatic heterocycles. The summed E-state index contributed by atoms with van der Waals surface area (Å²) in [7, 11) is 1.58. The maximum atomic E-state index is 13.6. The molecule has 2 N–H and O–H groups in total. The van der Waals surface area contributed by atoms with E-state index >= 15 is 0 Å². The molecule has 0 fully saturated rings. The molecular weight excluding hydrogens is 286 g/mol. The normalized spacial score (nSPS) is 10.9. The Kier molecular flexibility index (Phi) is 6.58. The van der Waals surface area contributed by atoms with Crippen LogP contribution in [0.4, 0.5) is 8.78 Å². The van der Waals surface area contributed by atoms with Gasteiger partial charge in [-0.2, -0.15) is 0 Å². The highest BCUT2D eigenvalue weighted by atomic mass is 35.5. The lowest BCUT2D eigenvalue weighted by molar-refractivity contribution is 0.0735. The molecule has 0 bridgehead atoms. The van der Waals surface area contributed by atoms with Crippen LogP contribution in [0.15, 0.2) is 12.1 Å². The van der Waals surface area contributed by atoms with Gasteiger partial charge < -0.3 is 10.6 Å². The Morgan fingerprint density at radius 3 is 2.35 bits per heavy atom. The van der Waals surface area contributed by atoms with Crippen molar-refractivity contribution in [1.29, 1.82) is 0 Å². The number of nitrogens with zero attached hydrogens (tertiary/aromatic N) is 1. The smallest absolute Gasteiger partial charge is 0.256 e. The number of halogens is 3. The predicted molar refractivity (Wildman–Crippen MR) is 78.1 cm³/mol. The Morgan fingerprint density at radius 2 is 1.85 bits per heavy atom. The molecule has 3 nitrogen and oxygen atoms in total. The van der Waals surface area contributed by atoms with Crippen molar-refractivity contribution in [3.05, 3.63) is 34.9 Å². The molecule has 1 aromatic rings. The molecule has 0 saturated carbocycles. The molecule has 1 aromatic carbocycles. The zero-order chi connectivity index (χ0) is 14.8. The first-order valence-corrected chi connectivity index (χ1v) is 6.09. The average molecular weight is 307 g/mol. The molecule has 6 heteroatoms. The van der Waals surface area contributed by atoms with Gasteiger partial charge in [0, 0.05) is 19.7 Å². The Balaban J connectivity index is 0.00000361. The van der Waals surface area contributed by atoms with Gasteiger partial charge in [-0.1, -0.05) is 13.8 Å². The van der Waals surface area contributed by atoms with Crippen molar-refractivity contribution in [1.82, 2.24) is 4.90 Å². The second kappa shape index (κ2) is 6.99. The lowest BCUT2D eigenvalue weighted by Crippen LogP contribution is -2.40. The van der Waals surface area contributed by atoms with Crippen molar-refractivity contribution in [2.24, 2.45) is 11.1 Å². The summed E-state index contributed by atoms with van der Waals surface area (Å²) in [5.74, 6) is -1.97. The first-order chi connectivity index (χ1) is 8.68. The number of aryl methyl sites for hydroxylation is 1. The zero-order valence-corrected chi connectivity index (χ0v) is 13.0. The standard InChI is InChI=1S/C14H20F2N2O.ClH/c1-9-5-10(12(16)6-11(9)15)13(19)18(4)8-14(2,3)7-17;/h5-6H,7-8,17H2,1-4H3;1H. The zero-order valence-electron chi connectivity index (χ0n) is 12.2. The van der Waals surface area contributed by atoms with Crippen LogP contribution in [-0.4, -0.2) is 30.9 Å². The molecule has 0 aliphatic rings. The fourth-order valence-electron chi connectivity index (χ4n) is 1.81. The monoisotopic (exact) mass is 306 g/mol. The summed E-state index contributed by atoms with van der Waals surface area (Å²) >= 11 is 0. The maximum absolute atomic E-state index is 13.6. The van der Waals surface area contributed by atoms with Crippen LogP contribution < -0.4 is 5.73 Å². The van der Waals surface area contributed by atoms with E-state index in [0.717, 1.165) is 6.07 Å². The molecule has 0 unspecified atom stereocenters. The minimum atomic E-state index is -0.842. The number of carbonyl (C=O) groups excluding carboxylic acids is 1. The van der Waals surface area contributed by atoms with Gasteiger partial charge >= 0.3 is 0 Å². The minimum Gasteiger partial charge on any atom is -0.341 e. The van der Waals surface area contributed by atoms with E-state index in [1.54, 1.807) is 7.05 Å². The Hall–Kier alpha value is -1.20. The molecule has 0 aromatic heterocycles. The highest BCUT2D eigenvalue weighted by molar-refractivity contribution is 5.94. The van der Waals surface area contributed by atoms with Crippen LogP contribution in [0.25, 0.3) is 0 Å². The van der Waals surface area contributed by atoms with Gasteiger partial charge in [0.25, 0.3) is 5.91 Å². The van der Waals surface area contributed by atoms with Gasteiger partial charge in [0.15, 0.2) is 0 Å². The summed E-state index contributed by atoms with van der Waals surface area (Å²) in [6.07, 6.45) is 0. The third-order valence-corrected chi connectivity index (χ3v) is 3.04. The van der Waals surface area contributed by atoms with Crippen molar-refractivity contribution in [2.45, 2.75) is 20.8 Å². The lowest BCUT2D eigenvalue weighted by Gasteiger charge is -2.29. The minimum absolute atomic E-state index is 0. The van der Waals surface area contributed by atoms with E-state index in [4.69, 9.17) is 5.73 Å². The summed E-state index contributed by atoms with van der Waals surface area (Å²) in [5.41, 5.74) is 5.48. The third-order valence-electron chi connectivity index (χ3n) is 3.04. The van der Waals surface area contributed by atoms with E-state index in [9.17, 15) is 13.6 Å². The second-order valence-electron chi connectivity index (χ2n) is 5.61. The van der Waals surface area contributed by atoms with Crippen molar-refractivity contribution in [3.8, 4) is 0 Å². The summed E-state index contributed by atoms with van der Waals surface area (Å²) in [6.45, 7) is 6.15. The van der Waals surface area contributed by atoms with E-state index in [0.29, 0.717) is 13.1 Å². The van der Waals surface area contributed by atoms with Crippen molar-refractivity contribution in [2.75, 3.05) is 20.1 Å². The molecule has 20 heavy (non-hydrogen) atoms. The molecule has 0 heterocycles. The van der Waals surface area contributed by atoms with Gasteiger partial charge in [-0.15, -0.1) is 12.4 Å². The number of nitrogens with two attached hydrogens (primary N) is 1. The number of amides is 1. The van der Waals surface area contributed by atoms with E-state index in [1.807, 2.05) is 13.8 Å². The highest BCUT2D eigenvalue weighted by Crippen LogP contribution is 2.19. The van der Waals surface area contributed by atoms with Crippen LogP contribution in [-0.2, 0) is 0 Å². The fourth-order valence-corrected chi connectivity index (χ4v) is 1.81.